The van der Waals surface area contributed by atoms with Crippen molar-refractivity contribution < 1.29 is 0 Å². The zero-order valence-electron chi connectivity index (χ0n) is 10.8. The lowest BCUT2D eigenvalue weighted by Gasteiger charge is -2.21. The van der Waals surface area contributed by atoms with Crippen LogP contribution in [-0.4, -0.2) is 4.98 Å². The minimum Gasteiger partial charge on any atom is -0.357 e. The van der Waals surface area contributed by atoms with Crippen molar-refractivity contribution in [3.8, 4) is 0 Å². The Morgan fingerprint density at radius 1 is 1.31 bits per heavy atom. The van der Waals surface area contributed by atoms with Crippen molar-refractivity contribution in [1.82, 2.24) is 4.98 Å². The van der Waals surface area contributed by atoms with Crippen molar-refractivity contribution in [2.45, 2.75) is 45.4 Å². The molecule has 1 aliphatic rings. The van der Waals surface area contributed by atoms with E-state index < -0.39 is 0 Å². The molecular formula is C14H20N2. The Hall–Kier alpha value is -1.31. The molecule has 1 aromatic rings. The molecule has 0 aromatic carbocycles. The number of allylic oxidation sites excluding steroid dienone is 1. The second-order valence-electron chi connectivity index (χ2n) is 6.10. The van der Waals surface area contributed by atoms with Crippen LogP contribution in [0.15, 0.2) is 24.5 Å². The third-order valence-corrected chi connectivity index (χ3v) is 3.39. The number of pyridine rings is 1. The summed E-state index contributed by atoms with van der Waals surface area (Å²) in [6.45, 7) is 15.0. The monoisotopic (exact) mass is 216 g/mol. The van der Waals surface area contributed by atoms with Gasteiger partial charge in [0.15, 0.2) is 0 Å². The van der Waals surface area contributed by atoms with Crippen LogP contribution in [0.4, 0.5) is 5.69 Å². The van der Waals surface area contributed by atoms with Crippen molar-refractivity contribution in [3.05, 3.63) is 35.8 Å². The van der Waals surface area contributed by atoms with E-state index in [-0.39, 0.29) is 10.8 Å². The fraction of sp³-hybridized carbons (Fsp3) is 0.500. The van der Waals surface area contributed by atoms with Crippen LogP contribution in [0.25, 0.3) is 0 Å². The summed E-state index contributed by atoms with van der Waals surface area (Å²) >= 11 is 0. The summed E-state index contributed by atoms with van der Waals surface area (Å²) in [5.41, 5.74) is 4.57. The highest BCUT2D eigenvalue weighted by Crippen LogP contribution is 2.42. The summed E-state index contributed by atoms with van der Waals surface area (Å²) in [5.74, 6) is 0. The molecule has 0 aliphatic carbocycles. The van der Waals surface area contributed by atoms with Gasteiger partial charge in [0.05, 0.1) is 11.4 Å². The van der Waals surface area contributed by atoms with Crippen molar-refractivity contribution >= 4 is 5.69 Å². The topological polar surface area (TPSA) is 24.9 Å². The standard InChI is InChI=1S/C14H20N2/c1-9-14(5,6)12-11(16-9)7-10(8-15-12)13(2,3)4/h7-8,16H,1H2,2-6H3. The largest absolute Gasteiger partial charge is 0.357 e. The van der Waals surface area contributed by atoms with Gasteiger partial charge in [-0.05, 0) is 30.9 Å². The molecule has 1 aliphatic heterocycles. The minimum absolute atomic E-state index is 0.0637. The molecule has 0 amide bonds. The average Bonchev–Trinajstić information content (AvgIpc) is 2.36. The van der Waals surface area contributed by atoms with E-state index in [0.29, 0.717) is 0 Å². The van der Waals surface area contributed by atoms with Crippen LogP contribution in [0.3, 0.4) is 0 Å². The second-order valence-corrected chi connectivity index (χ2v) is 6.10. The lowest BCUT2D eigenvalue weighted by atomic mass is 9.85. The van der Waals surface area contributed by atoms with Gasteiger partial charge >= 0.3 is 0 Å². The Balaban J connectivity index is 2.53. The molecule has 1 aromatic heterocycles. The van der Waals surface area contributed by atoms with Gasteiger partial charge in [0, 0.05) is 17.3 Å². The van der Waals surface area contributed by atoms with Crippen LogP contribution in [-0.2, 0) is 10.8 Å². The van der Waals surface area contributed by atoms with E-state index in [4.69, 9.17) is 0 Å². The zero-order valence-corrected chi connectivity index (χ0v) is 10.8. The molecule has 0 fully saturated rings. The van der Waals surface area contributed by atoms with Gasteiger partial charge in [0.25, 0.3) is 0 Å². The molecule has 2 heteroatoms. The molecule has 0 spiro atoms. The molecular weight excluding hydrogens is 196 g/mol. The Labute approximate surface area is 97.8 Å². The maximum Gasteiger partial charge on any atom is 0.0752 e. The van der Waals surface area contributed by atoms with Gasteiger partial charge in [-0.15, -0.1) is 0 Å². The molecule has 0 unspecified atom stereocenters. The van der Waals surface area contributed by atoms with E-state index in [2.05, 4.69) is 57.6 Å². The van der Waals surface area contributed by atoms with E-state index >= 15 is 0 Å². The smallest absolute Gasteiger partial charge is 0.0752 e. The average molecular weight is 216 g/mol. The second kappa shape index (κ2) is 3.09. The summed E-state index contributed by atoms with van der Waals surface area (Å²) in [5, 5.41) is 3.34. The number of fused-ring (bicyclic) bond motifs is 1. The summed E-state index contributed by atoms with van der Waals surface area (Å²) in [4.78, 5) is 4.61. The zero-order chi connectivity index (χ0) is 12.1. The van der Waals surface area contributed by atoms with Crippen molar-refractivity contribution in [2.24, 2.45) is 0 Å². The van der Waals surface area contributed by atoms with E-state index in [1.165, 1.54) is 5.56 Å². The van der Waals surface area contributed by atoms with Crippen LogP contribution in [0, 0.1) is 0 Å². The summed E-state index contributed by atoms with van der Waals surface area (Å²) in [7, 11) is 0. The minimum atomic E-state index is -0.0637. The predicted molar refractivity (Wildman–Crippen MR) is 68.7 cm³/mol. The number of nitrogens with zero attached hydrogens (tertiary/aromatic N) is 1. The number of nitrogens with one attached hydrogen (secondary N) is 1. The Kier molecular flexibility index (Phi) is 2.16. The van der Waals surface area contributed by atoms with Gasteiger partial charge in [-0.25, -0.2) is 0 Å². The van der Waals surface area contributed by atoms with Crippen LogP contribution in [0.1, 0.15) is 45.9 Å². The number of anilines is 1. The third kappa shape index (κ3) is 1.53. The first-order valence-corrected chi connectivity index (χ1v) is 5.70. The quantitative estimate of drug-likeness (QED) is 0.716. The first-order chi connectivity index (χ1) is 7.23. The molecule has 2 heterocycles. The van der Waals surface area contributed by atoms with E-state index in [1.54, 1.807) is 0 Å². The molecule has 2 rings (SSSR count). The van der Waals surface area contributed by atoms with E-state index in [0.717, 1.165) is 17.1 Å². The fourth-order valence-corrected chi connectivity index (χ4v) is 1.93. The first kappa shape index (κ1) is 11.2. The molecule has 2 nitrogen and oxygen atoms in total. The van der Waals surface area contributed by atoms with Gasteiger partial charge in [-0.3, -0.25) is 4.98 Å². The predicted octanol–water partition coefficient (Wildman–Crippen LogP) is 3.60. The highest BCUT2D eigenvalue weighted by molar-refractivity contribution is 5.65. The molecule has 1 N–H and O–H groups in total. The normalized spacial score (nSPS) is 18.2. The maximum absolute atomic E-state index is 4.61. The molecule has 0 saturated carbocycles. The Bertz CT molecular complexity index is 450. The third-order valence-electron chi connectivity index (χ3n) is 3.39. The molecule has 0 bridgehead atoms. The van der Waals surface area contributed by atoms with Gasteiger partial charge in [-0.1, -0.05) is 27.4 Å². The van der Waals surface area contributed by atoms with Gasteiger partial charge in [0.2, 0.25) is 0 Å². The number of hydrogen-bond acceptors (Lipinski definition) is 2. The highest BCUT2D eigenvalue weighted by atomic mass is 15.0. The SMILES string of the molecule is C=C1Nc2cc(C(C)(C)C)cnc2C1(C)C. The number of rotatable bonds is 0. The van der Waals surface area contributed by atoms with Gasteiger partial charge in [-0.2, -0.15) is 0 Å². The molecule has 0 radical (unpaired) electrons. The van der Waals surface area contributed by atoms with E-state index in [9.17, 15) is 0 Å². The van der Waals surface area contributed by atoms with Crippen LogP contribution in [0.5, 0.6) is 0 Å². The van der Waals surface area contributed by atoms with Gasteiger partial charge in [0.1, 0.15) is 0 Å². The highest BCUT2D eigenvalue weighted by Gasteiger charge is 2.35. The number of aromatic nitrogens is 1. The fourth-order valence-electron chi connectivity index (χ4n) is 1.93. The van der Waals surface area contributed by atoms with Crippen molar-refractivity contribution in [1.29, 1.82) is 0 Å². The molecule has 0 saturated heterocycles. The summed E-state index contributed by atoms with van der Waals surface area (Å²) in [6.07, 6.45) is 1.99. The lowest BCUT2D eigenvalue weighted by Crippen LogP contribution is -2.18. The van der Waals surface area contributed by atoms with Gasteiger partial charge < -0.3 is 5.32 Å². The number of hydrogen-bond donors (Lipinski definition) is 1. The van der Waals surface area contributed by atoms with Crippen molar-refractivity contribution in [3.63, 3.8) is 0 Å². The first-order valence-electron chi connectivity index (χ1n) is 5.70. The summed E-state index contributed by atoms with van der Waals surface area (Å²) < 4.78 is 0. The maximum atomic E-state index is 4.61. The van der Waals surface area contributed by atoms with Crippen molar-refractivity contribution in [2.75, 3.05) is 5.32 Å². The summed E-state index contributed by atoms with van der Waals surface area (Å²) in [6, 6.07) is 2.20. The Morgan fingerprint density at radius 2 is 1.94 bits per heavy atom. The molecule has 16 heavy (non-hydrogen) atoms. The molecule has 0 atom stereocenters. The van der Waals surface area contributed by atoms with Crippen LogP contribution >= 0.6 is 0 Å². The van der Waals surface area contributed by atoms with Crippen LogP contribution < -0.4 is 5.32 Å². The van der Waals surface area contributed by atoms with E-state index in [1.807, 2.05) is 6.20 Å². The lowest BCUT2D eigenvalue weighted by molar-refractivity contribution is 0.583. The molecule has 86 valence electrons. The van der Waals surface area contributed by atoms with Crippen LogP contribution in [0.2, 0.25) is 0 Å². The Morgan fingerprint density at radius 3 is 2.50 bits per heavy atom.